The summed E-state index contributed by atoms with van der Waals surface area (Å²) in [5.41, 5.74) is 0. The number of hydrogen-bond acceptors (Lipinski definition) is 8. The zero-order valence-electron chi connectivity index (χ0n) is 22.6. The van der Waals surface area contributed by atoms with Gasteiger partial charge in [0.05, 0.1) is 48.8 Å². The first-order valence-corrected chi connectivity index (χ1v) is 21.0. The van der Waals surface area contributed by atoms with E-state index in [0.29, 0.717) is 0 Å². The Labute approximate surface area is 214 Å². The summed E-state index contributed by atoms with van der Waals surface area (Å²) in [4.78, 5) is 1.42. The second-order valence-electron chi connectivity index (χ2n) is 9.87. The van der Waals surface area contributed by atoms with Crippen LogP contribution in [0.1, 0.15) is 96.8 Å². The van der Waals surface area contributed by atoms with Gasteiger partial charge < -0.3 is 9.38 Å². The van der Waals surface area contributed by atoms with Crippen molar-refractivity contribution in [2.24, 2.45) is 0 Å². The number of quaternary nitrogens is 2. The molecule has 0 saturated heterocycles. The molecule has 0 saturated carbocycles. The van der Waals surface area contributed by atoms with Gasteiger partial charge in [-0.25, -0.2) is 0 Å². The molecule has 0 bridgehead atoms. The third-order valence-electron chi connectivity index (χ3n) is 4.18. The molecule has 212 valence electrons. The second kappa shape index (κ2) is 26.0. The van der Waals surface area contributed by atoms with Crippen LogP contribution in [0.25, 0.3) is 0 Å². The Hall–Kier alpha value is -0.0353. The molecule has 0 aliphatic carbocycles. The zero-order chi connectivity index (χ0) is 27.7. The van der Waals surface area contributed by atoms with Gasteiger partial charge in [0.1, 0.15) is 0 Å². The molecule has 34 heavy (non-hydrogen) atoms. The van der Waals surface area contributed by atoms with Crippen LogP contribution in [-0.2, 0) is 52.4 Å². The van der Waals surface area contributed by atoms with Crippen LogP contribution in [0.2, 0.25) is 0 Å². The standard InChI is InChI=1S/C19H42N.C3H9N.8O.2Re/c1-5-6-7-8-9-10-11-12-13-14-15-16-17-18-19-20(2,3)4;1-4(2)3;;;;;;;;;;/h5-19H2,1-4H3;1-3H3;;;;;;;;;;/q+1;;;;;;;;2*-1;;/p+1. The van der Waals surface area contributed by atoms with Crippen molar-refractivity contribution < 1.29 is 69.4 Å². The van der Waals surface area contributed by atoms with Gasteiger partial charge in [-0.05, 0) is 12.8 Å². The third-order valence-corrected chi connectivity index (χ3v) is 4.18. The van der Waals surface area contributed by atoms with E-state index >= 15 is 0 Å². The van der Waals surface area contributed by atoms with E-state index in [2.05, 4.69) is 49.2 Å². The van der Waals surface area contributed by atoms with Crippen molar-refractivity contribution in [1.29, 1.82) is 0 Å². The van der Waals surface area contributed by atoms with E-state index in [1.165, 1.54) is 101 Å². The molecule has 0 unspecified atom stereocenters. The monoisotopic (exact) mass is 846 g/mol. The van der Waals surface area contributed by atoms with Gasteiger partial charge in [0.25, 0.3) is 0 Å². The molecule has 1 N–H and O–H groups in total. The molecule has 0 amide bonds. The Balaban J connectivity index is -0.000000260. The van der Waals surface area contributed by atoms with Gasteiger partial charge in [-0.2, -0.15) is 0 Å². The zero-order valence-corrected chi connectivity index (χ0v) is 28.0. The molecule has 0 atom stereocenters. The van der Waals surface area contributed by atoms with Crippen LogP contribution in [0.4, 0.5) is 0 Å². The maximum atomic E-state index is 8.64. The predicted octanol–water partition coefficient (Wildman–Crippen LogP) is 1.84. The van der Waals surface area contributed by atoms with Crippen LogP contribution in [0, 0.1) is 0 Å². The quantitative estimate of drug-likeness (QED) is 0.194. The summed E-state index contributed by atoms with van der Waals surface area (Å²) >= 11 is -12.2. The van der Waals surface area contributed by atoms with Crippen molar-refractivity contribution in [2.45, 2.75) is 96.8 Å². The molecule has 0 rings (SSSR count). The molecule has 0 aromatic heterocycles. The molecule has 0 spiro atoms. The van der Waals surface area contributed by atoms with Crippen LogP contribution < -0.4 is 12.6 Å². The van der Waals surface area contributed by atoms with Gasteiger partial charge in [-0.1, -0.05) is 84.0 Å². The van der Waals surface area contributed by atoms with E-state index in [1.54, 1.807) is 0 Å². The van der Waals surface area contributed by atoms with Crippen molar-refractivity contribution in [3.63, 3.8) is 0 Å². The van der Waals surface area contributed by atoms with Gasteiger partial charge in [-0.3, -0.25) is 0 Å². The van der Waals surface area contributed by atoms with E-state index in [-0.39, 0.29) is 0 Å². The Bertz CT molecular complexity index is 662. The molecule has 0 aromatic rings. The first-order valence-electron chi connectivity index (χ1n) is 12.1. The number of rotatable bonds is 15. The van der Waals surface area contributed by atoms with Crippen molar-refractivity contribution in [1.82, 2.24) is 0 Å². The van der Waals surface area contributed by atoms with Gasteiger partial charge in [0, 0.05) is 0 Å². The van der Waals surface area contributed by atoms with E-state index in [0.717, 1.165) is 4.48 Å². The van der Waals surface area contributed by atoms with Crippen molar-refractivity contribution in [3.05, 3.63) is 0 Å². The Morgan fingerprint density at radius 3 is 0.882 bits per heavy atom. The van der Waals surface area contributed by atoms with Gasteiger partial charge in [0.15, 0.2) is 0 Å². The fraction of sp³-hybridized carbons (Fsp3) is 1.00. The third kappa shape index (κ3) is 106. The summed E-state index contributed by atoms with van der Waals surface area (Å²) in [5, 5.41) is 0. The van der Waals surface area contributed by atoms with E-state index in [9.17, 15) is 0 Å². The molecule has 0 radical (unpaired) electrons. The molecule has 0 fully saturated rings. The van der Waals surface area contributed by atoms with Crippen molar-refractivity contribution in [3.8, 4) is 0 Å². The second-order valence-corrected chi connectivity index (χ2v) is 15.3. The molecule has 0 heterocycles. The van der Waals surface area contributed by atoms with Gasteiger partial charge in [0.2, 0.25) is 0 Å². The molecule has 0 aliphatic heterocycles. The summed E-state index contributed by atoms with van der Waals surface area (Å²) in [6.45, 7) is 3.63. The van der Waals surface area contributed by atoms with Gasteiger partial charge in [-0.15, -0.1) is 0 Å². The maximum absolute atomic E-state index is 8.64. The van der Waals surface area contributed by atoms with E-state index in [1.807, 2.05) is 0 Å². The van der Waals surface area contributed by atoms with E-state index in [4.69, 9.17) is 28.5 Å². The van der Waals surface area contributed by atoms with Crippen LogP contribution >= 0.6 is 0 Å². The average molecular weight is 845 g/mol. The summed E-state index contributed by atoms with van der Waals surface area (Å²) in [7, 11) is 13.1. The number of hydrogen-bond donors (Lipinski definition) is 1. The number of nitrogens with zero attached hydrogens (tertiary/aromatic N) is 1. The summed E-state index contributed by atoms with van der Waals surface area (Å²) in [6, 6.07) is 0. The first kappa shape index (κ1) is 41.1. The van der Waals surface area contributed by atoms with Crippen molar-refractivity contribution in [2.75, 3.05) is 48.8 Å². The minimum atomic E-state index is -6.11. The molecule has 12 heteroatoms. The summed E-state index contributed by atoms with van der Waals surface area (Å²) in [5.74, 6) is 0. The predicted molar refractivity (Wildman–Crippen MR) is 116 cm³/mol. The number of nitrogens with one attached hydrogen (secondary N) is 1. The van der Waals surface area contributed by atoms with Crippen LogP contribution in [-0.4, -0.2) is 53.3 Å². The average Bonchev–Trinajstić information content (AvgIpc) is 2.58. The summed E-state index contributed by atoms with van der Waals surface area (Å²) < 4.78 is 70.2. The minimum absolute atomic E-state index is 1.12. The van der Waals surface area contributed by atoms with Crippen LogP contribution in [0.3, 0.4) is 0 Å². The Morgan fingerprint density at radius 2 is 0.706 bits per heavy atom. The van der Waals surface area contributed by atoms with Gasteiger partial charge >= 0.3 is 60.0 Å². The van der Waals surface area contributed by atoms with Crippen LogP contribution in [0.15, 0.2) is 0 Å². The molecule has 0 aliphatic rings. The SMILES string of the molecule is CCCCCCCCCCCCCCCC[N+](C)(C)C.C[NH+](C)C.[O]=[Re](=[O])(=[O])[O-].[O]=[Re](=[O])(=[O])[O-]. The Morgan fingerprint density at radius 1 is 0.529 bits per heavy atom. The van der Waals surface area contributed by atoms with E-state index < -0.39 is 31.6 Å². The number of unbranched alkanes of at least 4 members (excludes halogenated alkanes) is 13. The fourth-order valence-corrected chi connectivity index (χ4v) is 2.78. The molecular formula is C22H52N2O8Re2. The normalized spacial score (nSPS) is 11.5. The molecule has 0 aromatic carbocycles. The molecule has 10 nitrogen and oxygen atoms in total. The fourth-order valence-electron chi connectivity index (χ4n) is 2.78. The topological polar surface area (TPSA) is 153 Å². The summed E-state index contributed by atoms with van der Waals surface area (Å²) in [6.07, 6.45) is 20.4. The Kier molecular flexibility index (Phi) is 31.5. The first-order chi connectivity index (χ1) is 15.3. The molecular weight excluding hydrogens is 793 g/mol. The van der Waals surface area contributed by atoms with Crippen LogP contribution in [0.5, 0.6) is 0 Å². The van der Waals surface area contributed by atoms with Crippen molar-refractivity contribution >= 4 is 0 Å².